The third-order valence-electron chi connectivity index (χ3n) is 6.02. The molecule has 0 radical (unpaired) electrons. The highest BCUT2D eigenvalue weighted by Gasteiger charge is 2.32. The molecular weight excluding hydrogens is 481 g/mol. The van der Waals surface area contributed by atoms with Crippen LogP contribution < -0.4 is 9.62 Å². The first-order valence-corrected chi connectivity index (χ1v) is 12.9. The average molecular weight is 512 g/mol. The summed E-state index contributed by atoms with van der Waals surface area (Å²) in [5.74, 6) is -1.50. The summed E-state index contributed by atoms with van der Waals surface area (Å²) in [7, 11) is -2.75. The number of carbonyl (C=O) groups excluding carboxylic acids is 2. The van der Waals surface area contributed by atoms with Crippen molar-refractivity contribution in [3.05, 3.63) is 95.3 Å². The van der Waals surface area contributed by atoms with Crippen LogP contribution in [0, 0.1) is 19.7 Å². The summed E-state index contributed by atoms with van der Waals surface area (Å²) in [6.45, 7) is 4.94. The summed E-state index contributed by atoms with van der Waals surface area (Å²) in [6.07, 6.45) is 0. The van der Waals surface area contributed by atoms with E-state index in [-0.39, 0.29) is 23.0 Å². The van der Waals surface area contributed by atoms with Crippen LogP contribution in [0.5, 0.6) is 0 Å². The van der Waals surface area contributed by atoms with E-state index in [1.807, 2.05) is 38.1 Å². The summed E-state index contributed by atoms with van der Waals surface area (Å²) in [5.41, 5.74) is 2.97. The molecule has 0 fully saturated rings. The van der Waals surface area contributed by atoms with E-state index in [0.717, 1.165) is 45.3 Å². The van der Waals surface area contributed by atoms with Crippen molar-refractivity contribution in [1.82, 2.24) is 10.2 Å². The van der Waals surface area contributed by atoms with Crippen LogP contribution in [-0.2, 0) is 26.2 Å². The lowest BCUT2D eigenvalue weighted by Gasteiger charge is -2.32. The zero-order valence-corrected chi connectivity index (χ0v) is 21.5. The van der Waals surface area contributed by atoms with Crippen molar-refractivity contribution in [1.29, 1.82) is 0 Å². The molecule has 0 saturated carbocycles. The molecule has 0 aromatic heterocycles. The molecule has 0 aliphatic carbocycles. The van der Waals surface area contributed by atoms with Crippen molar-refractivity contribution < 1.29 is 22.4 Å². The summed E-state index contributed by atoms with van der Waals surface area (Å²) in [6, 6.07) is 17.8. The Morgan fingerprint density at radius 3 is 2.14 bits per heavy atom. The van der Waals surface area contributed by atoms with Gasteiger partial charge in [-0.1, -0.05) is 42.0 Å². The number of nitrogens with one attached hydrogen (secondary N) is 1. The first-order valence-electron chi connectivity index (χ1n) is 11.4. The summed E-state index contributed by atoms with van der Waals surface area (Å²) >= 11 is 0. The molecule has 1 N–H and O–H groups in total. The third-order valence-corrected chi connectivity index (χ3v) is 7.81. The SMILES string of the molecule is CNC(=O)[C@H](C)N(Cc1ccccc1C)C(=O)CN(c1ccc(C)cc1)S(=O)(=O)c1ccc(F)cc1. The van der Waals surface area contributed by atoms with Crippen molar-refractivity contribution in [3.63, 3.8) is 0 Å². The molecule has 36 heavy (non-hydrogen) atoms. The highest BCUT2D eigenvalue weighted by Crippen LogP contribution is 2.25. The highest BCUT2D eigenvalue weighted by molar-refractivity contribution is 7.92. The average Bonchev–Trinajstić information content (AvgIpc) is 2.86. The van der Waals surface area contributed by atoms with E-state index in [0.29, 0.717) is 0 Å². The molecule has 9 heteroatoms. The van der Waals surface area contributed by atoms with Gasteiger partial charge in [0.1, 0.15) is 18.4 Å². The van der Waals surface area contributed by atoms with Gasteiger partial charge >= 0.3 is 0 Å². The van der Waals surface area contributed by atoms with Crippen molar-refractivity contribution in [2.24, 2.45) is 0 Å². The Kier molecular flexibility index (Phi) is 8.47. The van der Waals surface area contributed by atoms with E-state index in [2.05, 4.69) is 5.32 Å². The molecule has 0 bridgehead atoms. The summed E-state index contributed by atoms with van der Waals surface area (Å²) in [5, 5.41) is 2.55. The van der Waals surface area contributed by atoms with E-state index in [1.54, 1.807) is 31.2 Å². The lowest BCUT2D eigenvalue weighted by Crippen LogP contribution is -2.50. The van der Waals surface area contributed by atoms with Gasteiger partial charge in [0.2, 0.25) is 11.8 Å². The molecule has 0 heterocycles. The molecular formula is C27H30FN3O4S. The number of halogens is 1. The van der Waals surface area contributed by atoms with Crippen LogP contribution in [0.25, 0.3) is 0 Å². The van der Waals surface area contributed by atoms with Gasteiger partial charge in [-0.3, -0.25) is 13.9 Å². The van der Waals surface area contributed by atoms with Gasteiger partial charge in [-0.2, -0.15) is 0 Å². The molecule has 0 aliphatic rings. The minimum atomic E-state index is -4.23. The maximum Gasteiger partial charge on any atom is 0.264 e. The number of amides is 2. The second-order valence-corrected chi connectivity index (χ2v) is 10.4. The molecule has 1 atom stereocenters. The molecule has 7 nitrogen and oxygen atoms in total. The Bertz CT molecular complexity index is 1330. The molecule has 3 rings (SSSR count). The fourth-order valence-corrected chi connectivity index (χ4v) is 5.15. The van der Waals surface area contributed by atoms with Gasteiger partial charge in [-0.25, -0.2) is 12.8 Å². The fourth-order valence-electron chi connectivity index (χ4n) is 3.74. The van der Waals surface area contributed by atoms with E-state index in [4.69, 9.17) is 0 Å². The minimum Gasteiger partial charge on any atom is -0.357 e. The van der Waals surface area contributed by atoms with E-state index in [9.17, 15) is 22.4 Å². The van der Waals surface area contributed by atoms with Gasteiger partial charge in [0.15, 0.2) is 0 Å². The van der Waals surface area contributed by atoms with Gasteiger partial charge in [0.25, 0.3) is 10.0 Å². The largest absolute Gasteiger partial charge is 0.357 e. The van der Waals surface area contributed by atoms with Crippen LogP contribution in [0.15, 0.2) is 77.7 Å². The number of nitrogens with zero attached hydrogens (tertiary/aromatic N) is 2. The molecule has 0 aliphatic heterocycles. The summed E-state index contributed by atoms with van der Waals surface area (Å²) < 4.78 is 41.7. The quantitative estimate of drug-likeness (QED) is 0.474. The predicted octanol–water partition coefficient (Wildman–Crippen LogP) is 3.80. The Morgan fingerprint density at radius 1 is 0.944 bits per heavy atom. The van der Waals surface area contributed by atoms with Crippen molar-refractivity contribution in [2.45, 2.75) is 38.3 Å². The molecule has 0 saturated heterocycles. The van der Waals surface area contributed by atoms with Crippen LogP contribution in [0.2, 0.25) is 0 Å². The Labute approximate surface area is 211 Å². The smallest absolute Gasteiger partial charge is 0.264 e. The Morgan fingerprint density at radius 2 is 1.56 bits per heavy atom. The number of hydrogen-bond donors (Lipinski definition) is 1. The number of carbonyl (C=O) groups is 2. The van der Waals surface area contributed by atoms with Crippen molar-refractivity contribution in [3.8, 4) is 0 Å². The van der Waals surface area contributed by atoms with Crippen LogP contribution in [0.4, 0.5) is 10.1 Å². The van der Waals surface area contributed by atoms with E-state index >= 15 is 0 Å². The lowest BCUT2D eigenvalue weighted by atomic mass is 10.1. The minimum absolute atomic E-state index is 0.123. The number of benzene rings is 3. The second-order valence-electron chi connectivity index (χ2n) is 8.54. The molecule has 2 amide bonds. The van der Waals surface area contributed by atoms with Crippen LogP contribution in [-0.4, -0.2) is 44.8 Å². The number of rotatable bonds is 9. The topological polar surface area (TPSA) is 86.8 Å². The normalized spacial score (nSPS) is 12.0. The molecule has 190 valence electrons. The Balaban J connectivity index is 2.03. The van der Waals surface area contributed by atoms with Crippen LogP contribution in [0.3, 0.4) is 0 Å². The third kappa shape index (κ3) is 6.09. The van der Waals surface area contributed by atoms with Crippen LogP contribution in [0.1, 0.15) is 23.6 Å². The number of aryl methyl sites for hydroxylation is 2. The van der Waals surface area contributed by atoms with Gasteiger partial charge in [-0.15, -0.1) is 0 Å². The number of hydrogen-bond acceptors (Lipinski definition) is 4. The molecule has 3 aromatic rings. The maximum atomic E-state index is 13.7. The van der Waals surface area contributed by atoms with Crippen molar-refractivity contribution in [2.75, 3.05) is 17.9 Å². The first-order chi connectivity index (χ1) is 17.0. The van der Waals surface area contributed by atoms with E-state index in [1.165, 1.54) is 11.9 Å². The zero-order valence-electron chi connectivity index (χ0n) is 20.7. The van der Waals surface area contributed by atoms with Crippen molar-refractivity contribution >= 4 is 27.5 Å². The number of likely N-dealkylation sites (N-methyl/N-ethyl adjacent to an activating group) is 1. The van der Waals surface area contributed by atoms with E-state index < -0.39 is 34.3 Å². The van der Waals surface area contributed by atoms with Gasteiger partial charge in [-0.05, 0) is 68.3 Å². The van der Waals surface area contributed by atoms with Gasteiger partial charge in [0, 0.05) is 13.6 Å². The predicted molar refractivity (Wildman–Crippen MR) is 137 cm³/mol. The van der Waals surface area contributed by atoms with Crippen LogP contribution >= 0.6 is 0 Å². The molecule has 0 spiro atoms. The highest BCUT2D eigenvalue weighted by atomic mass is 32.2. The standard InChI is InChI=1S/C27H30FN3O4S/c1-19-9-13-24(14-10-19)31(36(34,35)25-15-11-23(28)12-16-25)18-26(32)30(21(3)27(33)29-4)17-22-8-6-5-7-20(22)2/h5-16,21H,17-18H2,1-4H3,(H,29,33)/t21-/m0/s1. The maximum absolute atomic E-state index is 13.7. The zero-order chi connectivity index (χ0) is 26.5. The number of sulfonamides is 1. The van der Waals surface area contributed by atoms with Gasteiger partial charge < -0.3 is 10.2 Å². The molecule has 3 aromatic carbocycles. The Hall–Kier alpha value is -3.72. The first kappa shape index (κ1) is 26.9. The summed E-state index contributed by atoms with van der Waals surface area (Å²) in [4.78, 5) is 27.4. The monoisotopic (exact) mass is 511 g/mol. The second kappa shape index (κ2) is 11.3. The molecule has 0 unspecified atom stereocenters. The lowest BCUT2D eigenvalue weighted by molar-refractivity contribution is -0.139. The van der Waals surface area contributed by atoms with Gasteiger partial charge in [0.05, 0.1) is 10.6 Å². The number of anilines is 1. The fraction of sp³-hybridized carbons (Fsp3) is 0.259.